The van der Waals surface area contributed by atoms with Crippen LogP contribution in [0.1, 0.15) is 45.6 Å². The molecule has 2 N–H and O–H groups in total. The fraction of sp³-hybridized carbons (Fsp3) is 0.769. The summed E-state index contributed by atoms with van der Waals surface area (Å²) < 4.78 is 26.8. The molecule has 0 spiro atoms. The molecule has 0 amide bonds. The minimum absolute atomic E-state index is 0.203. The Labute approximate surface area is 121 Å². The Morgan fingerprint density at radius 1 is 1.50 bits per heavy atom. The van der Waals surface area contributed by atoms with Crippen LogP contribution in [-0.2, 0) is 16.6 Å². The molecule has 1 saturated carbocycles. The van der Waals surface area contributed by atoms with E-state index in [1.807, 2.05) is 20.8 Å². The van der Waals surface area contributed by atoms with Gasteiger partial charge in [0.05, 0.1) is 6.20 Å². The second-order valence-corrected chi connectivity index (χ2v) is 7.92. The molecule has 7 heteroatoms. The Morgan fingerprint density at radius 3 is 2.70 bits per heavy atom. The first-order valence-electron chi connectivity index (χ1n) is 7.03. The smallest absolute Gasteiger partial charge is 0.260 e. The molecule has 1 aliphatic rings. The SMILES string of the molecule is CCC(C)(C)N(C)S(=O)(=O)c1[nH]ncc1CNC1CC1. The molecule has 0 saturated heterocycles. The Hall–Kier alpha value is -0.920. The maximum atomic E-state index is 12.7. The number of hydrogen-bond acceptors (Lipinski definition) is 4. The highest BCUT2D eigenvalue weighted by Crippen LogP contribution is 2.26. The standard InChI is InChI=1S/C13H24N4O2S/c1-5-13(2,3)17(4)20(18,19)12-10(9-15-16-12)8-14-11-6-7-11/h9,11,14H,5-8H2,1-4H3,(H,15,16). The molecule has 1 aliphatic carbocycles. The van der Waals surface area contributed by atoms with Crippen LogP contribution in [0.3, 0.4) is 0 Å². The Kier molecular flexibility index (Phi) is 4.22. The highest BCUT2D eigenvalue weighted by atomic mass is 32.2. The maximum Gasteiger partial charge on any atom is 0.260 e. The summed E-state index contributed by atoms with van der Waals surface area (Å²) in [5, 5.41) is 10.1. The third-order valence-corrected chi connectivity index (χ3v) is 6.26. The lowest BCUT2D eigenvalue weighted by Gasteiger charge is -2.33. The number of nitrogens with zero attached hydrogens (tertiary/aromatic N) is 2. The predicted octanol–water partition coefficient (Wildman–Crippen LogP) is 1.47. The molecule has 0 aliphatic heterocycles. The summed E-state index contributed by atoms with van der Waals surface area (Å²) in [6.45, 7) is 6.36. The summed E-state index contributed by atoms with van der Waals surface area (Å²) in [5.41, 5.74) is 0.279. The Balaban J connectivity index is 2.22. The zero-order chi connectivity index (χ0) is 15.0. The van der Waals surface area contributed by atoms with Gasteiger partial charge in [0.2, 0.25) is 0 Å². The van der Waals surface area contributed by atoms with Gasteiger partial charge in [0, 0.05) is 30.7 Å². The van der Waals surface area contributed by atoms with Gasteiger partial charge >= 0.3 is 0 Å². The summed E-state index contributed by atoms with van der Waals surface area (Å²) >= 11 is 0. The lowest BCUT2D eigenvalue weighted by Crippen LogP contribution is -2.44. The summed E-state index contributed by atoms with van der Waals surface area (Å²) in [7, 11) is -1.93. The summed E-state index contributed by atoms with van der Waals surface area (Å²) in [6.07, 6.45) is 4.67. The Bertz CT molecular complexity index is 561. The molecule has 1 heterocycles. The van der Waals surface area contributed by atoms with Gasteiger partial charge < -0.3 is 5.32 Å². The zero-order valence-electron chi connectivity index (χ0n) is 12.6. The van der Waals surface area contributed by atoms with E-state index in [-0.39, 0.29) is 5.03 Å². The number of H-pyrrole nitrogens is 1. The van der Waals surface area contributed by atoms with Crippen molar-refractivity contribution in [3.63, 3.8) is 0 Å². The molecule has 0 unspecified atom stereocenters. The predicted molar refractivity (Wildman–Crippen MR) is 77.8 cm³/mol. The highest BCUT2D eigenvalue weighted by molar-refractivity contribution is 7.89. The van der Waals surface area contributed by atoms with Gasteiger partial charge in [0.1, 0.15) is 0 Å². The average Bonchev–Trinajstić information content (AvgIpc) is 3.11. The zero-order valence-corrected chi connectivity index (χ0v) is 13.4. The van der Waals surface area contributed by atoms with Crippen molar-refractivity contribution in [3.8, 4) is 0 Å². The van der Waals surface area contributed by atoms with Crippen molar-refractivity contribution in [2.45, 2.75) is 63.2 Å². The van der Waals surface area contributed by atoms with Crippen molar-refractivity contribution >= 4 is 10.0 Å². The van der Waals surface area contributed by atoms with Crippen LogP contribution in [0.25, 0.3) is 0 Å². The minimum atomic E-state index is -3.55. The molecule has 1 fully saturated rings. The van der Waals surface area contributed by atoms with Crippen molar-refractivity contribution in [2.75, 3.05) is 7.05 Å². The van der Waals surface area contributed by atoms with Gasteiger partial charge in [-0.05, 0) is 33.1 Å². The number of nitrogens with one attached hydrogen (secondary N) is 2. The van der Waals surface area contributed by atoms with E-state index in [0.29, 0.717) is 18.2 Å². The monoisotopic (exact) mass is 300 g/mol. The maximum absolute atomic E-state index is 12.7. The van der Waals surface area contributed by atoms with Gasteiger partial charge in [-0.2, -0.15) is 9.40 Å². The first-order valence-corrected chi connectivity index (χ1v) is 8.47. The molecule has 1 aromatic rings. The molecule has 0 aromatic carbocycles. The number of sulfonamides is 1. The number of aromatic amines is 1. The molecular formula is C13H24N4O2S. The molecule has 6 nitrogen and oxygen atoms in total. The molecule has 0 bridgehead atoms. The van der Waals surface area contributed by atoms with E-state index in [9.17, 15) is 8.42 Å². The van der Waals surface area contributed by atoms with Crippen LogP contribution in [-0.4, -0.2) is 41.5 Å². The van der Waals surface area contributed by atoms with Gasteiger partial charge in [0.15, 0.2) is 5.03 Å². The highest BCUT2D eigenvalue weighted by Gasteiger charge is 2.35. The van der Waals surface area contributed by atoms with E-state index in [2.05, 4.69) is 15.5 Å². The molecule has 2 rings (SSSR count). The molecule has 0 atom stereocenters. The van der Waals surface area contributed by atoms with Crippen molar-refractivity contribution in [1.29, 1.82) is 0 Å². The van der Waals surface area contributed by atoms with Gasteiger partial charge in [-0.25, -0.2) is 8.42 Å². The quantitative estimate of drug-likeness (QED) is 0.799. The van der Waals surface area contributed by atoms with Crippen LogP contribution in [0.2, 0.25) is 0 Å². The van der Waals surface area contributed by atoms with E-state index in [1.165, 1.54) is 17.1 Å². The third kappa shape index (κ3) is 3.05. The van der Waals surface area contributed by atoms with Crippen molar-refractivity contribution in [1.82, 2.24) is 19.8 Å². The lowest BCUT2D eigenvalue weighted by molar-refractivity contribution is 0.256. The minimum Gasteiger partial charge on any atom is -0.310 e. The summed E-state index contributed by atoms with van der Waals surface area (Å²) in [4.78, 5) is 0. The van der Waals surface area contributed by atoms with Crippen LogP contribution in [0.5, 0.6) is 0 Å². The van der Waals surface area contributed by atoms with Crippen LogP contribution in [0.4, 0.5) is 0 Å². The van der Waals surface area contributed by atoms with Crippen molar-refractivity contribution in [2.24, 2.45) is 0 Å². The first-order chi connectivity index (χ1) is 9.29. The van der Waals surface area contributed by atoms with E-state index >= 15 is 0 Å². The summed E-state index contributed by atoms with van der Waals surface area (Å²) in [5.74, 6) is 0. The Morgan fingerprint density at radius 2 is 2.15 bits per heavy atom. The normalized spacial score (nSPS) is 16.9. The lowest BCUT2D eigenvalue weighted by atomic mass is 10.0. The fourth-order valence-corrected chi connectivity index (χ4v) is 3.55. The topological polar surface area (TPSA) is 78.1 Å². The van der Waals surface area contributed by atoms with Gasteiger partial charge in [-0.1, -0.05) is 6.92 Å². The van der Waals surface area contributed by atoms with Crippen molar-refractivity contribution in [3.05, 3.63) is 11.8 Å². The average molecular weight is 300 g/mol. The molecule has 114 valence electrons. The number of aromatic nitrogens is 2. The van der Waals surface area contributed by atoms with Crippen LogP contribution >= 0.6 is 0 Å². The van der Waals surface area contributed by atoms with E-state index in [4.69, 9.17) is 0 Å². The molecule has 0 radical (unpaired) electrons. The number of hydrogen-bond donors (Lipinski definition) is 2. The third-order valence-electron chi connectivity index (χ3n) is 4.17. The summed E-state index contributed by atoms with van der Waals surface area (Å²) in [6, 6.07) is 0.533. The van der Waals surface area contributed by atoms with Gasteiger partial charge in [-0.3, -0.25) is 5.10 Å². The van der Waals surface area contributed by atoms with E-state index in [0.717, 1.165) is 6.42 Å². The van der Waals surface area contributed by atoms with E-state index in [1.54, 1.807) is 13.2 Å². The van der Waals surface area contributed by atoms with Crippen LogP contribution < -0.4 is 5.32 Å². The molecule has 20 heavy (non-hydrogen) atoms. The molecule has 1 aromatic heterocycles. The van der Waals surface area contributed by atoms with Gasteiger partial charge in [0.25, 0.3) is 10.0 Å². The van der Waals surface area contributed by atoms with Crippen molar-refractivity contribution < 1.29 is 8.42 Å². The molecular weight excluding hydrogens is 276 g/mol. The largest absolute Gasteiger partial charge is 0.310 e. The van der Waals surface area contributed by atoms with Gasteiger partial charge in [-0.15, -0.1) is 0 Å². The second kappa shape index (κ2) is 5.46. The van der Waals surface area contributed by atoms with E-state index < -0.39 is 15.6 Å². The van der Waals surface area contributed by atoms with Crippen LogP contribution in [0, 0.1) is 0 Å². The number of rotatable bonds is 7. The fourth-order valence-electron chi connectivity index (χ4n) is 1.88. The second-order valence-electron chi connectivity index (χ2n) is 6.02. The first kappa shape index (κ1) is 15.5. The van der Waals surface area contributed by atoms with Crippen LogP contribution in [0.15, 0.2) is 11.2 Å².